The van der Waals surface area contributed by atoms with Gasteiger partial charge in [-0.25, -0.2) is 4.98 Å². The van der Waals surface area contributed by atoms with Crippen LogP contribution < -0.4 is 10.6 Å². The quantitative estimate of drug-likeness (QED) is 0.851. The van der Waals surface area contributed by atoms with Crippen molar-refractivity contribution in [1.82, 2.24) is 14.8 Å². The summed E-state index contributed by atoms with van der Waals surface area (Å²) < 4.78 is 7.41. The fourth-order valence-electron chi connectivity index (χ4n) is 2.70. The Kier molecular flexibility index (Phi) is 5.10. The molecule has 128 valence electrons. The van der Waals surface area contributed by atoms with Gasteiger partial charge in [0.1, 0.15) is 5.82 Å². The molecular formula is C17H23N5O2. The second kappa shape index (κ2) is 7.44. The molecule has 3 heterocycles. The highest BCUT2D eigenvalue weighted by Crippen LogP contribution is 2.17. The summed E-state index contributed by atoms with van der Waals surface area (Å²) in [5, 5.41) is 10.3. The van der Waals surface area contributed by atoms with E-state index in [1.807, 2.05) is 24.7 Å². The molecule has 1 fully saturated rings. The number of aromatic nitrogens is 3. The van der Waals surface area contributed by atoms with Gasteiger partial charge in [0.2, 0.25) is 0 Å². The molecule has 7 nitrogen and oxygen atoms in total. The Balaban J connectivity index is 1.65. The lowest BCUT2D eigenvalue weighted by atomic mass is 10.2. The molecule has 0 spiro atoms. The van der Waals surface area contributed by atoms with Crippen molar-refractivity contribution in [2.45, 2.75) is 45.4 Å². The first kappa shape index (κ1) is 16.4. The number of pyridine rings is 1. The van der Waals surface area contributed by atoms with E-state index >= 15 is 0 Å². The zero-order chi connectivity index (χ0) is 16.9. The van der Waals surface area contributed by atoms with Crippen molar-refractivity contribution in [2.24, 2.45) is 0 Å². The van der Waals surface area contributed by atoms with Gasteiger partial charge in [0.15, 0.2) is 0 Å². The first-order valence-electron chi connectivity index (χ1n) is 8.29. The normalized spacial score (nSPS) is 17.2. The van der Waals surface area contributed by atoms with Crippen molar-refractivity contribution in [2.75, 3.05) is 17.2 Å². The lowest BCUT2D eigenvalue weighted by molar-refractivity contribution is 0.0940. The molecule has 0 saturated carbocycles. The molecule has 1 unspecified atom stereocenters. The number of amides is 1. The van der Waals surface area contributed by atoms with Gasteiger partial charge in [-0.15, -0.1) is 0 Å². The Morgan fingerprint density at radius 3 is 3.12 bits per heavy atom. The molecular weight excluding hydrogens is 306 g/mol. The average molecular weight is 329 g/mol. The number of carbonyl (C=O) groups is 1. The molecule has 24 heavy (non-hydrogen) atoms. The number of nitrogens with zero attached hydrogens (tertiary/aromatic N) is 3. The molecule has 1 atom stereocenters. The molecule has 1 aliphatic heterocycles. The second-order valence-electron chi connectivity index (χ2n) is 6.24. The molecule has 3 rings (SSSR count). The number of rotatable bonds is 6. The number of anilines is 2. The van der Waals surface area contributed by atoms with Gasteiger partial charge in [0.25, 0.3) is 5.91 Å². The molecule has 2 N–H and O–H groups in total. The molecule has 1 saturated heterocycles. The van der Waals surface area contributed by atoms with Crippen LogP contribution in [0.25, 0.3) is 0 Å². The minimum atomic E-state index is -0.206. The van der Waals surface area contributed by atoms with Crippen LogP contribution in [0.15, 0.2) is 30.7 Å². The van der Waals surface area contributed by atoms with Gasteiger partial charge in [-0.2, -0.15) is 5.10 Å². The third kappa shape index (κ3) is 4.11. The summed E-state index contributed by atoms with van der Waals surface area (Å²) in [4.78, 5) is 16.8. The van der Waals surface area contributed by atoms with Crippen molar-refractivity contribution in [3.05, 3.63) is 36.3 Å². The Hall–Kier alpha value is -2.41. The predicted molar refractivity (Wildman–Crippen MR) is 92.1 cm³/mol. The number of hydrogen-bond donors (Lipinski definition) is 2. The van der Waals surface area contributed by atoms with Gasteiger partial charge in [-0.1, -0.05) is 0 Å². The maximum absolute atomic E-state index is 12.5. The standard InChI is InChI=1S/C17H23N5O2/c1-12(2)20-16-15(6-3-7-18-16)17(23)21-13-9-19-22(10-13)11-14-5-4-8-24-14/h3,6-7,9-10,12,14H,4-5,8,11H2,1-2H3,(H,18,20)(H,21,23). The zero-order valence-electron chi connectivity index (χ0n) is 14.0. The van der Waals surface area contributed by atoms with Crippen LogP contribution >= 0.6 is 0 Å². The van der Waals surface area contributed by atoms with Crippen molar-refractivity contribution >= 4 is 17.4 Å². The third-order valence-electron chi connectivity index (χ3n) is 3.78. The predicted octanol–water partition coefficient (Wildman–Crippen LogP) is 2.53. The number of carbonyl (C=O) groups excluding carboxylic acids is 1. The molecule has 1 aliphatic rings. The van der Waals surface area contributed by atoms with Gasteiger partial charge in [-0.3, -0.25) is 9.48 Å². The van der Waals surface area contributed by atoms with Crippen LogP contribution in [-0.2, 0) is 11.3 Å². The summed E-state index contributed by atoms with van der Waals surface area (Å²) >= 11 is 0. The first-order valence-corrected chi connectivity index (χ1v) is 8.29. The Morgan fingerprint density at radius 2 is 2.38 bits per heavy atom. The van der Waals surface area contributed by atoms with Crippen LogP contribution in [0.3, 0.4) is 0 Å². The van der Waals surface area contributed by atoms with Gasteiger partial charge in [-0.05, 0) is 38.8 Å². The van der Waals surface area contributed by atoms with Crippen LogP contribution in [0, 0.1) is 0 Å². The lowest BCUT2D eigenvalue weighted by Gasteiger charge is -2.12. The Morgan fingerprint density at radius 1 is 1.50 bits per heavy atom. The van der Waals surface area contributed by atoms with Gasteiger partial charge >= 0.3 is 0 Å². The number of nitrogens with one attached hydrogen (secondary N) is 2. The summed E-state index contributed by atoms with van der Waals surface area (Å²) in [6.07, 6.45) is 7.52. The second-order valence-corrected chi connectivity index (χ2v) is 6.24. The third-order valence-corrected chi connectivity index (χ3v) is 3.78. The largest absolute Gasteiger partial charge is 0.376 e. The van der Waals surface area contributed by atoms with Gasteiger partial charge in [0.05, 0.1) is 30.1 Å². The van der Waals surface area contributed by atoms with Gasteiger partial charge in [0, 0.05) is 25.0 Å². The van der Waals surface area contributed by atoms with Crippen LogP contribution in [0.1, 0.15) is 37.0 Å². The Bertz CT molecular complexity index is 692. The molecule has 0 aromatic carbocycles. The minimum absolute atomic E-state index is 0.195. The molecule has 0 radical (unpaired) electrons. The molecule has 0 aliphatic carbocycles. The van der Waals surface area contributed by atoms with E-state index in [2.05, 4.69) is 20.7 Å². The summed E-state index contributed by atoms with van der Waals surface area (Å²) in [5.41, 5.74) is 1.18. The van der Waals surface area contributed by atoms with Crippen LogP contribution in [0.5, 0.6) is 0 Å². The van der Waals surface area contributed by atoms with Crippen molar-refractivity contribution in [3.8, 4) is 0 Å². The van der Waals surface area contributed by atoms with Crippen LogP contribution in [0.4, 0.5) is 11.5 Å². The minimum Gasteiger partial charge on any atom is -0.376 e. The van der Waals surface area contributed by atoms with E-state index < -0.39 is 0 Å². The van der Waals surface area contributed by atoms with Crippen LogP contribution in [0.2, 0.25) is 0 Å². The number of ether oxygens (including phenoxy) is 1. The highest BCUT2D eigenvalue weighted by molar-refractivity contribution is 6.07. The molecule has 0 bridgehead atoms. The summed E-state index contributed by atoms with van der Waals surface area (Å²) in [6.45, 7) is 5.54. The maximum atomic E-state index is 12.5. The van der Waals surface area contributed by atoms with Gasteiger partial charge < -0.3 is 15.4 Å². The van der Waals surface area contributed by atoms with E-state index in [9.17, 15) is 4.79 Å². The number of hydrogen-bond acceptors (Lipinski definition) is 5. The smallest absolute Gasteiger partial charge is 0.259 e. The summed E-state index contributed by atoms with van der Waals surface area (Å²) in [6, 6.07) is 3.70. The van der Waals surface area contributed by atoms with E-state index in [4.69, 9.17) is 4.74 Å². The monoisotopic (exact) mass is 329 g/mol. The SMILES string of the molecule is CC(C)Nc1ncccc1C(=O)Nc1cnn(CC2CCCO2)c1. The zero-order valence-corrected chi connectivity index (χ0v) is 14.0. The molecule has 7 heteroatoms. The average Bonchev–Trinajstić information content (AvgIpc) is 3.20. The van der Waals surface area contributed by atoms with Crippen molar-refractivity contribution < 1.29 is 9.53 Å². The lowest BCUT2D eigenvalue weighted by Crippen LogP contribution is -2.18. The molecule has 2 aromatic heterocycles. The first-order chi connectivity index (χ1) is 11.6. The summed E-state index contributed by atoms with van der Waals surface area (Å²) in [7, 11) is 0. The van der Waals surface area contributed by atoms with E-state index in [0.29, 0.717) is 23.6 Å². The van der Waals surface area contributed by atoms with E-state index in [1.165, 1.54) is 0 Å². The Labute approximate surface area is 141 Å². The van der Waals surface area contributed by atoms with Crippen molar-refractivity contribution in [1.29, 1.82) is 0 Å². The summed E-state index contributed by atoms with van der Waals surface area (Å²) in [5.74, 6) is 0.375. The van der Waals surface area contributed by atoms with E-state index in [1.54, 1.807) is 24.5 Å². The van der Waals surface area contributed by atoms with E-state index in [-0.39, 0.29) is 18.1 Å². The highest BCUT2D eigenvalue weighted by Gasteiger charge is 2.17. The molecule has 1 amide bonds. The topological polar surface area (TPSA) is 81.1 Å². The highest BCUT2D eigenvalue weighted by atomic mass is 16.5. The fourth-order valence-corrected chi connectivity index (χ4v) is 2.70. The van der Waals surface area contributed by atoms with Crippen molar-refractivity contribution in [3.63, 3.8) is 0 Å². The maximum Gasteiger partial charge on any atom is 0.259 e. The fraction of sp³-hybridized carbons (Fsp3) is 0.471. The van der Waals surface area contributed by atoms with E-state index in [0.717, 1.165) is 19.4 Å². The van der Waals surface area contributed by atoms with Crippen LogP contribution in [-0.4, -0.2) is 39.4 Å². The molecule has 2 aromatic rings.